The van der Waals surface area contributed by atoms with E-state index in [0.29, 0.717) is 12.8 Å². The number of carbonyl (C=O) groups is 1. The molecule has 0 aliphatic heterocycles. The third-order valence-corrected chi connectivity index (χ3v) is 7.79. The van der Waals surface area contributed by atoms with Crippen molar-refractivity contribution in [3.63, 3.8) is 0 Å². The molecule has 2 nitrogen and oxygen atoms in total. The van der Waals surface area contributed by atoms with Gasteiger partial charge in [-0.3, -0.25) is 4.79 Å². The van der Waals surface area contributed by atoms with Gasteiger partial charge in [0.1, 0.15) is 0 Å². The lowest BCUT2D eigenvalue weighted by Crippen LogP contribution is -2.19. The van der Waals surface area contributed by atoms with Crippen LogP contribution in [0.2, 0.25) is 0 Å². The second-order valence-corrected chi connectivity index (χ2v) is 12.1. The van der Waals surface area contributed by atoms with Crippen LogP contribution in [-0.4, -0.2) is 11.1 Å². The lowest BCUT2D eigenvalue weighted by Gasteiger charge is -2.32. The quantitative estimate of drug-likeness (QED) is 0.0993. The van der Waals surface area contributed by atoms with Gasteiger partial charge in [-0.1, -0.05) is 123 Å². The van der Waals surface area contributed by atoms with Crippen LogP contribution in [0, 0.1) is 11.3 Å². The maximum absolute atomic E-state index is 11.8. The third kappa shape index (κ3) is 16.5. The summed E-state index contributed by atoms with van der Waals surface area (Å²) in [6.07, 6.45) is 40.1. The van der Waals surface area contributed by atoms with E-state index in [9.17, 15) is 9.90 Å². The van der Waals surface area contributed by atoms with Crippen LogP contribution in [0.5, 0.6) is 0 Å². The normalized spacial score (nSPS) is 17.9. The Morgan fingerprint density at radius 1 is 0.925 bits per heavy atom. The Bertz CT molecular complexity index is 975. The van der Waals surface area contributed by atoms with E-state index in [4.69, 9.17) is 0 Å². The maximum Gasteiger partial charge on any atom is 0.306 e. The van der Waals surface area contributed by atoms with Gasteiger partial charge in [-0.2, -0.15) is 0 Å². The Morgan fingerprint density at radius 2 is 1.57 bits per heavy atom. The van der Waals surface area contributed by atoms with Gasteiger partial charge in [0.05, 0.1) is 5.92 Å². The van der Waals surface area contributed by atoms with Crippen LogP contribution in [0.15, 0.2) is 95.2 Å². The summed E-state index contributed by atoms with van der Waals surface area (Å²) in [6, 6.07) is 0. The van der Waals surface area contributed by atoms with Crippen LogP contribution in [0.4, 0.5) is 0 Å². The van der Waals surface area contributed by atoms with Gasteiger partial charge in [-0.05, 0) is 102 Å². The smallest absolute Gasteiger partial charge is 0.306 e. The van der Waals surface area contributed by atoms with Gasteiger partial charge in [0.15, 0.2) is 0 Å². The monoisotopic (exact) mass is 546 g/mol. The first-order chi connectivity index (χ1) is 19.2. The van der Waals surface area contributed by atoms with Crippen molar-refractivity contribution < 1.29 is 9.90 Å². The van der Waals surface area contributed by atoms with Crippen LogP contribution >= 0.6 is 0 Å². The molecule has 0 spiro atoms. The predicted octanol–water partition coefficient (Wildman–Crippen LogP) is 11.8. The molecule has 1 aliphatic rings. The van der Waals surface area contributed by atoms with Gasteiger partial charge >= 0.3 is 5.97 Å². The first-order valence-corrected chi connectivity index (χ1v) is 15.7. The highest BCUT2D eigenvalue weighted by Crippen LogP contribution is 2.40. The minimum absolute atomic E-state index is 0.257. The highest BCUT2D eigenvalue weighted by molar-refractivity contribution is 5.70. The molecule has 0 heterocycles. The highest BCUT2D eigenvalue weighted by atomic mass is 16.4. The van der Waals surface area contributed by atoms with Crippen LogP contribution < -0.4 is 0 Å². The van der Waals surface area contributed by atoms with Crippen molar-refractivity contribution >= 4 is 5.97 Å². The molecule has 0 saturated carbocycles. The molecular weight excluding hydrogens is 488 g/mol. The zero-order valence-electron chi connectivity index (χ0n) is 26.6. The number of hydrogen-bond acceptors (Lipinski definition) is 1. The molecule has 222 valence electrons. The molecule has 0 saturated heterocycles. The fourth-order valence-electron chi connectivity index (χ4n) is 5.14. The maximum atomic E-state index is 11.8. The molecule has 0 fully saturated rings. The summed E-state index contributed by atoms with van der Waals surface area (Å²) in [5, 5.41) is 9.66. The average Bonchev–Trinajstić information content (AvgIpc) is 2.89. The van der Waals surface area contributed by atoms with Gasteiger partial charge in [-0.25, -0.2) is 0 Å². The number of carboxylic acids is 1. The molecular formula is C38H58O2. The van der Waals surface area contributed by atoms with Gasteiger partial charge < -0.3 is 5.11 Å². The van der Waals surface area contributed by atoms with Gasteiger partial charge in [0, 0.05) is 0 Å². The summed E-state index contributed by atoms with van der Waals surface area (Å²) in [5.74, 6) is -1.02. The second-order valence-electron chi connectivity index (χ2n) is 12.1. The summed E-state index contributed by atoms with van der Waals surface area (Å²) in [4.78, 5) is 11.8. The Balaban J connectivity index is 2.39. The van der Waals surface area contributed by atoms with Crippen molar-refractivity contribution in [1.29, 1.82) is 0 Å². The lowest BCUT2D eigenvalue weighted by atomic mass is 9.72. The largest absolute Gasteiger partial charge is 0.481 e. The second kappa shape index (κ2) is 21.2. The number of aliphatic carboxylic acids is 1. The first kappa shape index (κ1) is 35.4. The Labute approximate surface area is 247 Å². The minimum Gasteiger partial charge on any atom is -0.481 e. The molecule has 0 radical (unpaired) electrons. The molecule has 0 amide bonds. The lowest BCUT2D eigenvalue weighted by molar-refractivity contribution is -0.141. The Hall–Kier alpha value is -2.61. The molecule has 1 rings (SSSR count). The standard InChI is InChI=1S/C38H58O2/c1-7-8-9-10-11-12-13-14-15-16-17-18-19-20-26-35(37(39)40)29-27-32(2)23-21-24-33(3)28-30-36-34(4)25-22-31-38(36,5)6/h11-12,14-15,17-18,21,23-24,27-28,30,35H,7-10,13,16,19-20,22,25-26,29,31H2,1-6H3,(H,39,40)/b12-11?,15-14?,18-17-,23-21?,30-28?,32-27?,33-24?. The van der Waals surface area contributed by atoms with Crippen molar-refractivity contribution in [1.82, 2.24) is 0 Å². The van der Waals surface area contributed by atoms with Crippen LogP contribution in [0.25, 0.3) is 0 Å². The van der Waals surface area contributed by atoms with E-state index in [1.54, 1.807) is 0 Å². The van der Waals surface area contributed by atoms with Gasteiger partial charge in [0.25, 0.3) is 0 Å². The van der Waals surface area contributed by atoms with Crippen LogP contribution in [0.3, 0.4) is 0 Å². The molecule has 1 aliphatic carbocycles. The Morgan fingerprint density at radius 3 is 2.20 bits per heavy atom. The molecule has 1 N–H and O–H groups in total. The summed E-state index contributed by atoms with van der Waals surface area (Å²) in [6.45, 7) is 13.4. The summed E-state index contributed by atoms with van der Waals surface area (Å²) >= 11 is 0. The molecule has 0 bridgehead atoms. The summed E-state index contributed by atoms with van der Waals surface area (Å²) < 4.78 is 0. The van der Waals surface area contributed by atoms with Crippen molar-refractivity contribution in [3.05, 3.63) is 95.2 Å². The van der Waals surface area contributed by atoms with Gasteiger partial charge in [-0.15, -0.1) is 0 Å². The van der Waals surface area contributed by atoms with Crippen LogP contribution in [0.1, 0.15) is 125 Å². The SMILES string of the molecule is CCCCCC=CCC=CC/C=C\CCCC(CC=C(C)C=CC=C(C)C=CC1=C(C)CCCC1(C)C)C(=O)O. The number of unbranched alkanes of at least 4 members (excludes halogenated alkanes) is 4. The van der Waals surface area contributed by atoms with Crippen molar-refractivity contribution in [2.24, 2.45) is 11.3 Å². The Kier molecular flexibility index (Phi) is 18.8. The third-order valence-electron chi connectivity index (χ3n) is 7.79. The van der Waals surface area contributed by atoms with E-state index in [2.05, 4.69) is 108 Å². The fraction of sp³-hybridized carbons (Fsp3) is 0.553. The fourth-order valence-corrected chi connectivity index (χ4v) is 5.14. The molecule has 0 aromatic carbocycles. The first-order valence-electron chi connectivity index (χ1n) is 15.7. The number of hydrogen-bond donors (Lipinski definition) is 1. The molecule has 1 unspecified atom stereocenters. The summed E-state index contributed by atoms with van der Waals surface area (Å²) in [7, 11) is 0. The number of allylic oxidation sites excluding steroid dienone is 16. The van der Waals surface area contributed by atoms with E-state index >= 15 is 0 Å². The van der Waals surface area contributed by atoms with Gasteiger partial charge in [0.2, 0.25) is 0 Å². The topological polar surface area (TPSA) is 37.3 Å². The van der Waals surface area contributed by atoms with Crippen molar-refractivity contribution in [2.45, 2.75) is 125 Å². The molecule has 40 heavy (non-hydrogen) atoms. The zero-order valence-corrected chi connectivity index (χ0v) is 26.6. The highest BCUT2D eigenvalue weighted by Gasteiger charge is 2.26. The molecule has 0 aromatic heterocycles. The van der Waals surface area contributed by atoms with E-state index < -0.39 is 5.97 Å². The average molecular weight is 547 g/mol. The van der Waals surface area contributed by atoms with Crippen molar-refractivity contribution in [2.75, 3.05) is 0 Å². The van der Waals surface area contributed by atoms with E-state index in [1.165, 1.54) is 61.7 Å². The molecule has 1 atom stereocenters. The van der Waals surface area contributed by atoms with Crippen LogP contribution in [-0.2, 0) is 4.79 Å². The van der Waals surface area contributed by atoms with E-state index in [0.717, 1.165) is 31.3 Å². The minimum atomic E-state index is -0.696. The van der Waals surface area contributed by atoms with Crippen molar-refractivity contribution in [3.8, 4) is 0 Å². The molecule has 0 aromatic rings. The predicted molar refractivity (Wildman–Crippen MR) is 177 cm³/mol. The zero-order chi connectivity index (χ0) is 29.6. The number of rotatable bonds is 19. The summed E-state index contributed by atoms with van der Waals surface area (Å²) in [5.41, 5.74) is 5.58. The van der Waals surface area contributed by atoms with E-state index in [1.807, 2.05) is 6.92 Å². The molecule has 2 heteroatoms. The van der Waals surface area contributed by atoms with E-state index in [-0.39, 0.29) is 11.3 Å². The number of carboxylic acid groups (broad SMARTS) is 1.